The fourth-order valence-corrected chi connectivity index (χ4v) is 2.41. The highest BCUT2D eigenvalue weighted by atomic mass is 35.5. The highest BCUT2D eigenvalue weighted by Crippen LogP contribution is 2.33. The number of amides is 1. The minimum atomic E-state index is -1.13. The lowest BCUT2D eigenvalue weighted by molar-refractivity contribution is 0.0696. The summed E-state index contributed by atoms with van der Waals surface area (Å²) in [6, 6.07) is 5.43. The van der Waals surface area contributed by atoms with Gasteiger partial charge in [0, 0.05) is 11.2 Å². The van der Waals surface area contributed by atoms with E-state index < -0.39 is 11.9 Å². The Morgan fingerprint density at radius 2 is 1.71 bits per heavy atom. The Labute approximate surface area is 134 Å². The molecule has 8 heteroatoms. The van der Waals surface area contributed by atoms with Gasteiger partial charge in [0.1, 0.15) is 5.69 Å². The Bertz CT molecular complexity index is 694. The third kappa shape index (κ3) is 3.64. The van der Waals surface area contributed by atoms with Crippen LogP contribution in [0.3, 0.4) is 0 Å². The molecule has 2 aromatic rings. The minimum Gasteiger partial charge on any atom is -0.478 e. The van der Waals surface area contributed by atoms with Crippen LogP contribution in [0.1, 0.15) is 20.8 Å². The molecule has 0 fully saturated rings. The molecule has 0 unspecified atom stereocenters. The van der Waals surface area contributed by atoms with Gasteiger partial charge in [-0.05, 0) is 24.3 Å². The van der Waals surface area contributed by atoms with Gasteiger partial charge in [0.25, 0.3) is 5.91 Å². The van der Waals surface area contributed by atoms with Gasteiger partial charge in [-0.3, -0.25) is 9.78 Å². The van der Waals surface area contributed by atoms with Crippen LogP contribution in [0.25, 0.3) is 0 Å². The number of aromatic nitrogens is 1. The van der Waals surface area contributed by atoms with E-state index in [1.165, 1.54) is 24.3 Å². The third-order valence-electron chi connectivity index (χ3n) is 2.49. The molecule has 2 N–H and O–H groups in total. The topological polar surface area (TPSA) is 79.3 Å². The maximum atomic E-state index is 12.0. The maximum absolute atomic E-state index is 12.0. The van der Waals surface area contributed by atoms with Crippen molar-refractivity contribution in [2.24, 2.45) is 0 Å². The van der Waals surface area contributed by atoms with Crippen molar-refractivity contribution < 1.29 is 14.7 Å². The lowest BCUT2D eigenvalue weighted by Gasteiger charge is -2.09. The zero-order chi connectivity index (χ0) is 15.6. The van der Waals surface area contributed by atoms with E-state index in [9.17, 15) is 9.59 Å². The fourth-order valence-electron chi connectivity index (χ4n) is 1.49. The smallest absolute Gasteiger partial charge is 0.337 e. The number of hydrogen-bond donors (Lipinski definition) is 2. The van der Waals surface area contributed by atoms with Crippen molar-refractivity contribution in [1.29, 1.82) is 0 Å². The molecule has 0 aliphatic carbocycles. The molecular weight excluding hydrogens is 339 g/mol. The summed E-state index contributed by atoms with van der Waals surface area (Å²) in [5.41, 5.74) is 0.216. The molecule has 0 bridgehead atoms. The number of pyridine rings is 1. The number of carboxylic acid groups (broad SMARTS) is 1. The lowest BCUT2D eigenvalue weighted by Crippen LogP contribution is -2.14. The van der Waals surface area contributed by atoms with E-state index >= 15 is 0 Å². The van der Waals surface area contributed by atoms with Gasteiger partial charge in [-0.25, -0.2) is 4.79 Å². The number of nitrogens with one attached hydrogen (secondary N) is 1. The Morgan fingerprint density at radius 1 is 1.10 bits per heavy atom. The number of nitrogens with zero attached hydrogens (tertiary/aromatic N) is 1. The zero-order valence-electron chi connectivity index (χ0n) is 10.2. The van der Waals surface area contributed by atoms with Gasteiger partial charge >= 0.3 is 5.97 Å². The van der Waals surface area contributed by atoms with Gasteiger partial charge < -0.3 is 10.4 Å². The van der Waals surface area contributed by atoms with Crippen molar-refractivity contribution in [3.63, 3.8) is 0 Å². The summed E-state index contributed by atoms with van der Waals surface area (Å²) < 4.78 is 0. The van der Waals surface area contributed by atoms with Gasteiger partial charge in [0.05, 0.1) is 21.3 Å². The van der Waals surface area contributed by atoms with Crippen molar-refractivity contribution >= 4 is 52.4 Å². The minimum absolute atomic E-state index is 0.0193. The number of benzene rings is 1. The fraction of sp³-hybridized carbons (Fsp3) is 0. The number of aromatic carboxylic acids is 1. The molecule has 1 heterocycles. The average molecular weight is 346 g/mol. The first kappa shape index (κ1) is 15.6. The van der Waals surface area contributed by atoms with Gasteiger partial charge in [0.15, 0.2) is 0 Å². The number of carboxylic acids is 1. The zero-order valence-corrected chi connectivity index (χ0v) is 12.5. The normalized spacial score (nSPS) is 10.2. The number of anilines is 1. The first-order valence-electron chi connectivity index (χ1n) is 5.53. The second-order valence-electron chi connectivity index (χ2n) is 3.94. The lowest BCUT2D eigenvalue weighted by atomic mass is 10.2. The van der Waals surface area contributed by atoms with Crippen LogP contribution in [0.4, 0.5) is 5.69 Å². The molecule has 0 spiro atoms. The first-order chi connectivity index (χ1) is 9.88. The quantitative estimate of drug-likeness (QED) is 0.881. The van der Waals surface area contributed by atoms with E-state index in [1.54, 1.807) is 0 Å². The van der Waals surface area contributed by atoms with E-state index in [0.29, 0.717) is 5.02 Å². The van der Waals surface area contributed by atoms with Crippen LogP contribution in [0.5, 0.6) is 0 Å². The van der Waals surface area contributed by atoms with Gasteiger partial charge in [0.2, 0.25) is 0 Å². The van der Waals surface area contributed by atoms with E-state index in [1.807, 2.05) is 0 Å². The predicted molar refractivity (Wildman–Crippen MR) is 80.6 cm³/mol. The van der Waals surface area contributed by atoms with Crippen LogP contribution < -0.4 is 5.32 Å². The first-order valence-corrected chi connectivity index (χ1v) is 6.67. The molecule has 0 aliphatic heterocycles. The molecule has 1 amide bonds. The number of halogens is 3. The molecule has 0 radical (unpaired) electrons. The molecule has 0 atom stereocenters. The number of rotatable bonds is 3. The van der Waals surface area contributed by atoms with Crippen LogP contribution in [0.15, 0.2) is 30.5 Å². The Hall–Kier alpha value is -1.82. The monoisotopic (exact) mass is 344 g/mol. The van der Waals surface area contributed by atoms with Crippen LogP contribution in [0, 0.1) is 0 Å². The molecule has 0 saturated heterocycles. The molecule has 1 aromatic heterocycles. The third-order valence-corrected chi connectivity index (χ3v) is 3.30. The van der Waals surface area contributed by atoms with E-state index in [4.69, 9.17) is 39.9 Å². The molecular formula is C13H7Cl3N2O3. The number of hydrogen-bond acceptors (Lipinski definition) is 3. The van der Waals surface area contributed by atoms with Crippen molar-refractivity contribution in [3.05, 3.63) is 56.8 Å². The highest BCUT2D eigenvalue weighted by Gasteiger charge is 2.14. The van der Waals surface area contributed by atoms with Gasteiger partial charge in [-0.2, -0.15) is 0 Å². The summed E-state index contributed by atoms with van der Waals surface area (Å²) in [5, 5.41) is 12.0. The van der Waals surface area contributed by atoms with E-state index in [0.717, 1.165) is 6.20 Å². The standard InChI is InChI=1S/C13H7Cl3N2O3/c14-7-3-8(15)11(9(16)4-7)18-12(19)10-2-1-6(5-17-10)13(20)21/h1-5H,(H,18,19)(H,20,21). The maximum Gasteiger partial charge on any atom is 0.337 e. The summed E-state index contributed by atoms with van der Waals surface area (Å²) in [5.74, 6) is -1.70. The average Bonchev–Trinajstić information content (AvgIpc) is 2.42. The Kier molecular flexibility index (Phi) is 4.67. The summed E-state index contributed by atoms with van der Waals surface area (Å²) in [7, 11) is 0. The van der Waals surface area contributed by atoms with Crippen LogP contribution in [-0.4, -0.2) is 22.0 Å². The van der Waals surface area contributed by atoms with Crippen LogP contribution >= 0.6 is 34.8 Å². The predicted octanol–water partition coefficient (Wildman–Crippen LogP) is 3.99. The Morgan fingerprint density at radius 3 is 2.19 bits per heavy atom. The van der Waals surface area contributed by atoms with E-state index in [2.05, 4.69) is 10.3 Å². The summed E-state index contributed by atoms with van der Waals surface area (Å²) >= 11 is 17.7. The van der Waals surface area contributed by atoms with Gasteiger partial charge in [-0.1, -0.05) is 34.8 Å². The van der Waals surface area contributed by atoms with Crippen LogP contribution in [-0.2, 0) is 0 Å². The molecule has 0 saturated carbocycles. The second-order valence-corrected chi connectivity index (χ2v) is 5.19. The van der Waals surface area contributed by atoms with Gasteiger partial charge in [-0.15, -0.1) is 0 Å². The summed E-state index contributed by atoms with van der Waals surface area (Å²) in [4.78, 5) is 26.5. The van der Waals surface area contributed by atoms with Crippen molar-refractivity contribution in [2.75, 3.05) is 5.32 Å². The molecule has 2 rings (SSSR count). The summed E-state index contributed by atoms with van der Waals surface area (Å²) in [6.07, 6.45) is 1.09. The summed E-state index contributed by atoms with van der Waals surface area (Å²) in [6.45, 7) is 0. The molecule has 108 valence electrons. The van der Waals surface area contributed by atoms with Crippen LogP contribution in [0.2, 0.25) is 15.1 Å². The second kappa shape index (κ2) is 6.30. The number of carbonyl (C=O) groups excluding carboxylic acids is 1. The number of carbonyl (C=O) groups is 2. The molecule has 21 heavy (non-hydrogen) atoms. The Balaban J connectivity index is 2.24. The van der Waals surface area contributed by atoms with Crippen molar-refractivity contribution in [2.45, 2.75) is 0 Å². The van der Waals surface area contributed by atoms with Crippen molar-refractivity contribution in [3.8, 4) is 0 Å². The highest BCUT2D eigenvalue weighted by molar-refractivity contribution is 6.42. The molecule has 1 aromatic carbocycles. The SMILES string of the molecule is O=C(O)c1ccc(C(=O)Nc2c(Cl)cc(Cl)cc2Cl)nc1. The van der Waals surface area contributed by atoms with Crippen molar-refractivity contribution in [1.82, 2.24) is 4.98 Å². The molecule has 0 aliphatic rings. The largest absolute Gasteiger partial charge is 0.478 e. The van der Waals surface area contributed by atoms with E-state index in [-0.39, 0.29) is 27.0 Å². The molecule has 5 nitrogen and oxygen atoms in total.